The Bertz CT molecular complexity index is 1410. The van der Waals surface area contributed by atoms with Gasteiger partial charge in [-0.15, -0.1) is 11.3 Å². The van der Waals surface area contributed by atoms with E-state index < -0.39 is 5.37 Å². The topological polar surface area (TPSA) is 66.9 Å². The van der Waals surface area contributed by atoms with Gasteiger partial charge in [-0.1, -0.05) is 71.4 Å². The van der Waals surface area contributed by atoms with Gasteiger partial charge in [0.1, 0.15) is 11.5 Å². The summed E-state index contributed by atoms with van der Waals surface area (Å²) < 4.78 is 5.45. The van der Waals surface area contributed by atoms with Crippen molar-refractivity contribution in [3.8, 4) is 0 Å². The number of hydrogen-bond donors (Lipinski definition) is 0. The summed E-state index contributed by atoms with van der Waals surface area (Å²) in [4.78, 5) is 43.6. The second-order valence-corrected chi connectivity index (χ2v) is 11.8. The highest BCUT2D eigenvalue weighted by atomic mass is 35.5. The van der Waals surface area contributed by atoms with Gasteiger partial charge < -0.3 is 9.64 Å². The number of thiophene rings is 1. The first-order valence-corrected chi connectivity index (χ1v) is 14.1. The molecule has 0 saturated carbocycles. The molecule has 0 saturated heterocycles. The molecule has 1 aromatic heterocycles. The number of thioether (sulfide) groups is 1. The Morgan fingerprint density at radius 2 is 1.89 bits per heavy atom. The molecule has 0 N–H and O–H groups in total. The normalized spacial score (nSPS) is 17.3. The third-order valence-corrected chi connectivity index (χ3v) is 9.01. The van der Waals surface area contributed by atoms with E-state index in [9.17, 15) is 14.4 Å². The quantitative estimate of drug-likeness (QED) is 0.326. The molecule has 5 rings (SSSR count). The number of carbonyl (C=O) groups is 3. The lowest BCUT2D eigenvalue weighted by molar-refractivity contribution is 0.0981. The van der Waals surface area contributed by atoms with Gasteiger partial charge in [-0.05, 0) is 48.7 Å². The average molecular weight is 574 g/mol. The number of rotatable bonds is 4. The first kappa shape index (κ1) is 25.9. The maximum absolute atomic E-state index is 13.5. The van der Waals surface area contributed by atoms with Crippen molar-refractivity contribution in [2.75, 3.05) is 18.0 Å². The average Bonchev–Trinajstić information content (AvgIpc) is 3.33. The van der Waals surface area contributed by atoms with Crippen LogP contribution in [0.5, 0.6) is 0 Å². The van der Waals surface area contributed by atoms with Crippen LogP contribution in [-0.2, 0) is 11.3 Å². The number of nitrogens with zero attached hydrogens (tertiary/aromatic N) is 2. The fraction of sp³-hybridized carbons (Fsp3) is 0.222. The Hall–Kier alpha value is -2.78. The summed E-state index contributed by atoms with van der Waals surface area (Å²) in [7, 11) is 0. The maximum Gasteiger partial charge on any atom is 0.410 e. The van der Waals surface area contributed by atoms with Crippen molar-refractivity contribution in [1.82, 2.24) is 4.90 Å². The molecule has 1 atom stereocenters. The third kappa shape index (κ3) is 5.43. The van der Waals surface area contributed by atoms with Crippen LogP contribution in [-0.4, -0.2) is 40.5 Å². The molecular weight excluding hydrogens is 551 g/mol. The van der Waals surface area contributed by atoms with E-state index in [1.807, 2.05) is 49.4 Å². The van der Waals surface area contributed by atoms with Gasteiger partial charge in [-0.25, -0.2) is 4.79 Å². The third-order valence-electron chi connectivity index (χ3n) is 6.17. The zero-order valence-electron chi connectivity index (χ0n) is 19.8. The first-order chi connectivity index (χ1) is 17.8. The fourth-order valence-electron chi connectivity index (χ4n) is 4.26. The van der Waals surface area contributed by atoms with Gasteiger partial charge in [0.25, 0.3) is 5.91 Å². The summed E-state index contributed by atoms with van der Waals surface area (Å²) in [5, 5.41) is 0.251. The summed E-state index contributed by atoms with van der Waals surface area (Å²) in [6, 6.07) is 16.2. The van der Waals surface area contributed by atoms with Gasteiger partial charge in [0, 0.05) is 23.0 Å². The van der Waals surface area contributed by atoms with Crippen molar-refractivity contribution in [2.24, 2.45) is 0 Å². The number of amides is 2. The lowest BCUT2D eigenvalue weighted by Crippen LogP contribution is -2.40. The van der Waals surface area contributed by atoms with Crippen molar-refractivity contribution in [3.05, 3.63) is 91.6 Å². The molecule has 190 valence electrons. The van der Waals surface area contributed by atoms with Crippen molar-refractivity contribution < 1.29 is 19.1 Å². The molecule has 0 bridgehead atoms. The highest BCUT2D eigenvalue weighted by molar-refractivity contribution is 8.15. The second kappa shape index (κ2) is 10.9. The SMILES string of the molecule is CC1SC(=O)c2sc(C3=CCN(C(=O)OCc4ccccc4)CC3)cc2N1C(=O)c1ccc(Cl)cc1Cl. The Morgan fingerprint density at radius 1 is 1.11 bits per heavy atom. The van der Waals surface area contributed by atoms with E-state index in [0.717, 1.165) is 27.8 Å². The largest absolute Gasteiger partial charge is 0.445 e. The highest BCUT2D eigenvalue weighted by Crippen LogP contribution is 2.45. The molecule has 6 nitrogen and oxygen atoms in total. The van der Waals surface area contributed by atoms with Crippen molar-refractivity contribution in [3.63, 3.8) is 0 Å². The first-order valence-electron chi connectivity index (χ1n) is 11.6. The predicted molar refractivity (Wildman–Crippen MR) is 150 cm³/mol. The monoisotopic (exact) mass is 572 g/mol. The minimum atomic E-state index is -0.392. The number of fused-ring (bicyclic) bond motifs is 1. The lowest BCUT2D eigenvalue weighted by Gasteiger charge is -2.32. The van der Waals surface area contributed by atoms with E-state index in [0.29, 0.717) is 40.7 Å². The smallest absolute Gasteiger partial charge is 0.410 e. The van der Waals surface area contributed by atoms with Crippen molar-refractivity contribution in [1.29, 1.82) is 0 Å². The molecule has 2 amide bonds. The highest BCUT2D eigenvalue weighted by Gasteiger charge is 2.37. The zero-order chi connectivity index (χ0) is 26.1. The number of ether oxygens (including phenoxy) is 1. The molecule has 1 unspecified atom stereocenters. The Kier molecular flexibility index (Phi) is 7.62. The molecule has 2 aromatic carbocycles. The van der Waals surface area contributed by atoms with Gasteiger partial charge in [-0.2, -0.15) is 0 Å². The molecule has 2 aliphatic rings. The van der Waals surface area contributed by atoms with Crippen LogP contribution in [0.2, 0.25) is 10.0 Å². The van der Waals surface area contributed by atoms with Crippen LogP contribution in [0.4, 0.5) is 10.5 Å². The van der Waals surface area contributed by atoms with E-state index in [2.05, 4.69) is 0 Å². The molecule has 37 heavy (non-hydrogen) atoms. The molecule has 2 aliphatic heterocycles. The molecule has 3 aromatic rings. The zero-order valence-corrected chi connectivity index (χ0v) is 22.9. The van der Waals surface area contributed by atoms with E-state index in [1.54, 1.807) is 21.9 Å². The lowest BCUT2D eigenvalue weighted by atomic mass is 10.1. The van der Waals surface area contributed by atoms with Gasteiger partial charge in [0.2, 0.25) is 5.12 Å². The van der Waals surface area contributed by atoms with Gasteiger partial charge in [0.05, 0.1) is 21.6 Å². The Labute approximate surface area is 232 Å². The summed E-state index contributed by atoms with van der Waals surface area (Å²) in [5.41, 5.74) is 2.88. The fourth-order valence-corrected chi connectivity index (χ4v) is 6.91. The summed E-state index contributed by atoms with van der Waals surface area (Å²) in [5.74, 6) is -0.287. The van der Waals surface area contributed by atoms with Crippen molar-refractivity contribution >= 4 is 74.7 Å². The molecule has 0 radical (unpaired) electrons. The Morgan fingerprint density at radius 3 is 2.59 bits per heavy atom. The molecular formula is C27H22Cl2N2O4S2. The second-order valence-electron chi connectivity index (χ2n) is 8.59. The van der Waals surface area contributed by atoms with Crippen molar-refractivity contribution in [2.45, 2.75) is 25.3 Å². The van der Waals surface area contributed by atoms with E-state index in [-0.39, 0.29) is 28.7 Å². The summed E-state index contributed by atoms with van der Waals surface area (Å²) >= 11 is 14.8. The van der Waals surface area contributed by atoms with Crippen LogP contribution in [0.1, 0.15) is 43.8 Å². The molecule has 3 heterocycles. The number of benzene rings is 2. The maximum atomic E-state index is 13.5. The van der Waals surface area contributed by atoms with Crippen LogP contribution in [0, 0.1) is 0 Å². The predicted octanol–water partition coefficient (Wildman–Crippen LogP) is 7.36. The van der Waals surface area contributed by atoms with Gasteiger partial charge in [-0.3, -0.25) is 14.5 Å². The molecule has 10 heteroatoms. The standard InChI is InChI=1S/C27H22Cl2N2O4S2/c1-16-31(25(32)20-8-7-19(28)13-21(20)29)22-14-23(37-24(22)26(33)36-16)18-9-11-30(12-10-18)27(34)35-15-17-5-3-2-4-6-17/h2-9,13-14,16H,10-12,15H2,1H3. The molecule has 0 aliphatic carbocycles. The van der Waals surface area contributed by atoms with Crippen LogP contribution in [0.3, 0.4) is 0 Å². The number of hydrogen-bond acceptors (Lipinski definition) is 6. The van der Waals surface area contributed by atoms with Gasteiger partial charge in [0.15, 0.2) is 0 Å². The minimum absolute atomic E-state index is 0.0625. The van der Waals surface area contributed by atoms with E-state index in [1.165, 1.54) is 17.4 Å². The summed E-state index contributed by atoms with van der Waals surface area (Å²) in [6.07, 6.45) is 2.24. The van der Waals surface area contributed by atoms with Gasteiger partial charge >= 0.3 is 6.09 Å². The Balaban J connectivity index is 1.33. The number of halogens is 2. The molecule has 0 fully saturated rings. The molecule has 0 spiro atoms. The van der Waals surface area contributed by atoms with E-state index >= 15 is 0 Å². The van der Waals surface area contributed by atoms with Crippen LogP contribution >= 0.6 is 46.3 Å². The number of carbonyl (C=O) groups excluding carboxylic acids is 3. The van der Waals surface area contributed by atoms with Crippen LogP contribution in [0.15, 0.2) is 60.7 Å². The van der Waals surface area contributed by atoms with E-state index in [4.69, 9.17) is 27.9 Å². The van der Waals surface area contributed by atoms with Crippen LogP contribution < -0.4 is 4.90 Å². The minimum Gasteiger partial charge on any atom is -0.445 e. The van der Waals surface area contributed by atoms with Crippen LogP contribution in [0.25, 0.3) is 5.57 Å². The number of anilines is 1. The summed E-state index contributed by atoms with van der Waals surface area (Å²) in [6.45, 7) is 2.96.